The molecule has 0 spiro atoms. The van der Waals surface area contributed by atoms with Crippen LogP contribution in [0.25, 0.3) is 10.4 Å². The molecule has 3 aromatic rings. The lowest BCUT2D eigenvalue weighted by Crippen LogP contribution is -2.42. The summed E-state index contributed by atoms with van der Waals surface area (Å²) in [6, 6.07) is 15.2. The highest BCUT2D eigenvalue weighted by atomic mass is 79.9. The molecule has 0 bridgehead atoms. The number of piperidine rings is 1. The molecule has 226 valence electrons. The molecule has 2 aromatic carbocycles. The molecule has 0 saturated carbocycles. The molecular weight excluding hydrogens is 644 g/mol. The van der Waals surface area contributed by atoms with Crippen LogP contribution in [0, 0.1) is 6.92 Å². The van der Waals surface area contributed by atoms with E-state index in [2.05, 4.69) is 21.2 Å². The molecule has 1 fully saturated rings. The summed E-state index contributed by atoms with van der Waals surface area (Å²) < 4.78 is 39.0. The van der Waals surface area contributed by atoms with E-state index >= 15 is 0 Å². The largest absolute Gasteiger partial charge is 0.479 e. The Bertz CT molecular complexity index is 1560. The number of nitrogens with zero attached hydrogens (tertiary/aromatic N) is 1. The maximum absolute atomic E-state index is 13.1. The lowest BCUT2D eigenvalue weighted by molar-refractivity contribution is -0.157. The summed E-state index contributed by atoms with van der Waals surface area (Å²) in [5, 5.41) is 13.3. The highest BCUT2D eigenvalue weighted by Gasteiger charge is 2.29. The fourth-order valence-corrected chi connectivity index (χ4v) is 8.23. The van der Waals surface area contributed by atoms with E-state index in [-0.39, 0.29) is 22.4 Å². The molecule has 0 atom stereocenters. The second-order valence-electron chi connectivity index (χ2n) is 11.2. The van der Waals surface area contributed by atoms with Gasteiger partial charge in [-0.3, -0.25) is 0 Å². The van der Waals surface area contributed by atoms with Crippen LogP contribution in [0.4, 0.5) is 5.69 Å². The SMILES string of the molecule is Cc1ccccc1CS(=O)(=O)N1CCC(Nc2cccc(-c3sc(C(=O)O)c(OCC(=O)OC(C)(C)C)c3Br)c2)CC1. The quantitative estimate of drug-likeness (QED) is 0.239. The number of carboxylic acid groups (broad SMARTS) is 1. The van der Waals surface area contributed by atoms with Gasteiger partial charge in [-0.25, -0.2) is 22.3 Å². The molecule has 1 aliphatic rings. The highest BCUT2D eigenvalue weighted by Crippen LogP contribution is 2.46. The first-order valence-corrected chi connectivity index (χ1v) is 16.7. The smallest absolute Gasteiger partial charge is 0.349 e. The highest BCUT2D eigenvalue weighted by molar-refractivity contribution is 9.10. The number of carbonyl (C=O) groups is 2. The first-order chi connectivity index (χ1) is 19.7. The molecule has 1 aliphatic heterocycles. The van der Waals surface area contributed by atoms with Crippen molar-refractivity contribution in [2.45, 2.75) is 57.9 Å². The number of thiophene rings is 1. The number of ether oxygens (including phenoxy) is 2. The molecule has 4 rings (SSSR count). The summed E-state index contributed by atoms with van der Waals surface area (Å²) in [4.78, 5) is 24.7. The number of carbonyl (C=O) groups excluding carboxylic acids is 1. The average molecular weight is 680 g/mol. The van der Waals surface area contributed by atoms with E-state index in [4.69, 9.17) is 9.47 Å². The Labute approximate surface area is 259 Å². The molecule has 2 heterocycles. The number of anilines is 1. The fraction of sp³-hybridized carbons (Fsp3) is 0.400. The molecule has 42 heavy (non-hydrogen) atoms. The molecule has 0 radical (unpaired) electrons. The van der Waals surface area contributed by atoms with E-state index in [1.54, 1.807) is 25.1 Å². The molecular formula is C30H35BrN2O7S2. The number of esters is 1. The number of nitrogens with one attached hydrogen (secondary N) is 1. The maximum Gasteiger partial charge on any atom is 0.349 e. The van der Waals surface area contributed by atoms with Gasteiger partial charge in [0.15, 0.2) is 17.2 Å². The zero-order chi connectivity index (χ0) is 30.7. The van der Waals surface area contributed by atoms with Gasteiger partial charge in [0.2, 0.25) is 10.0 Å². The van der Waals surface area contributed by atoms with Crippen LogP contribution in [0.1, 0.15) is 54.4 Å². The minimum Gasteiger partial charge on any atom is -0.479 e. The van der Waals surface area contributed by atoms with Gasteiger partial charge in [0.25, 0.3) is 0 Å². The Hall–Kier alpha value is -2.93. The van der Waals surface area contributed by atoms with Gasteiger partial charge in [-0.1, -0.05) is 36.4 Å². The lowest BCUT2D eigenvalue weighted by Gasteiger charge is -2.32. The van der Waals surface area contributed by atoms with Crippen molar-refractivity contribution >= 4 is 54.9 Å². The first-order valence-electron chi connectivity index (χ1n) is 13.5. The predicted molar refractivity (Wildman–Crippen MR) is 168 cm³/mol. The standard InChI is InChI=1S/C30H35BrN2O7S2/c1-19-8-5-6-9-21(19)18-42(37,38)33-14-12-22(13-15-33)32-23-11-7-10-20(16-23)27-25(31)26(28(41-27)29(35)36)39-17-24(34)40-30(2,3)4/h5-11,16,22,32H,12-15,17-18H2,1-4H3,(H,35,36). The predicted octanol–water partition coefficient (Wildman–Crippen LogP) is 6.31. The third-order valence-electron chi connectivity index (χ3n) is 6.70. The van der Waals surface area contributed by atoms with Crippen LogP contribution in [0.15, 0.2) is 53.0 Å². The minimum atomic E-state index is -3.42. The van der Waals surface area contributed by atoms with Crippen LogP contribution in [-0.4, -0.2) is 61.1 Å². The maximum atomic E-state index is 13.1. The van der Waals surface area contributed by atoms with E-state index < -0.39 is 34.2 Å². The summed E-state index contributed by atoms with van der Waals surface area (Å²) in [5.74, 6) is -1.69. The number of aryl methyl sites for hydroxylation is 1. The molecule has 12 heteroatoms. The van der Waals surface area contributed by atoms with Crippen molar-refractivity contribution in [3.05, 3.63) is 69.0 Å². The summed E-state index contributed by atoms with van der Waals surface area (Å²) in [6.07, 6.45) is 1.32. The number of carboxylic acids is 1. The van der Waals surface area contributed by atoms with Crippen molar-refractivity contribution in [3.8, 4) is 16.2 Å². The van der Waals surface area contributed by atoms with Crippen LogP contribution in [0.2, 0.25) is 0 Å². The minimum absolute atomic E-state index is 0.00267. The number of benzene rings is 2. The molecule has 2 N–H and O–H groups in total. The Morgan fingerprint density at radius 1 is 1.12 bits per heavy atom. The lowest BCUT2D eigenvalue weighted by atomic mass is 10.1. The Kier molecular flexibility index (Phi) is 10.0. The number of rotatable bonds is 10. The number of sulfonamides is 1. The van der Waals surface area contributed by atoms with Gasteiger partial charge in [-0.05, 0) is 85.3 Å². The third-order valence-corrected chi connectivity index (χ3v) is 10.8. The van der Waals surface area contributed by atoms with Crippen molar-refractivity contribution in [2.75, 3.05) is 25.0 Å². The number of halogens is 1. The topological polar surface area (TPSA) is 122 Å². The zero-order valence-corrected chi connectivity index (χ0v) is 27.2. The van der Waals surface area contributed by atoms with Crippen LogP contribution >= 0.6 is 27.3 Å². The first kappa shape index (κ1) is 32.0. The molecule has 1 saturated heterocycles. The van der Waals surface area contributed by atoms with Crippen LogP contribution in [-0.2, 0) is 25.3 Å². The fourth-order valence-electron chi connectivity index (χ4n) is 4.68. The van der Waals surface area contributed by atoms with Crippen molar-refractivity contribution in [2.24, 2.45) is 0 Å². The van der Waals surface area contributed by atoms with Crippen molar-refractivity contribution < 1.29 is 32.6 Å². The molecule has 0 amide bonds. The average Bonchev–Trinajstić information content (AvgIpc) is 3.24. The summed E-state index contributed by atoms with van der Waals surface area (Å²) in [6.45, 7) is 7.59. The number of hydrogen-bond donors (Lipinski definition) is 2. The number of hydrogen-bond acceptors (Lipinski definition) is 8. The monoisotopic (exact) mass is 678 g/mol. The zero-order valence-electron chi connectivity index (χ0n) is 24.0. The van der Waals surface area contributed by atoms with Crippen LogP contribution in [0.5, 0.6) is 5.75 Å². The molecule has 9 nitrogen and oxygen atoms in total. The Morgan fingerprint density at radius 3 is 2.45 bits per heavy atom. The van der Waals surface area contributed by atoms with Crippen LogP contribution < -0.4 is 10.1 Å². The van der Waals surface area contributed by atoms with Gasteiger partial charge in [0, 0.05) is 24.8 Å². The van der Waals surface area contributed by atoms with Gasteiger partial charge >= 0.3 is 11.9 Å². The second kappa shape index (κ2) is 13.2. The Morgan fingerprint density at radius 2 is 1.81 bits per heavy atom. The molecule has 1 aromatic heterocycles. The van der Waals surface area contributed by atoms with Gasteiger partial charge in [-0.15, -0.1) is 11.3 Å². The van der Waals surface area contributed by atoms with Gasteiger partial charge in [0.1, 0.15) is 5.60 Å². The van der Waals surface area contributed by atoms with Crippen molar-refractivity contribution in [1.29, 1.82) is 0 Å². The third kappa shape index (κ3) is 8.12. The van der Waals surface area contributed by atoms with E-state index in [0.29, 0.717) is 35.3 Å². The normalized spacial score (nSPS) is 14.9. The van der Waals surface area contributed by atoms with Gasteiger partial charge in [-0.2, -0.15) is 0 Å². The van der Waals surface area contributed by atoms with Crippen molar-refractivity contribution in [3.63, 3.8) is 0 Å². The molecule has 0 unspecified atom stereocenters. The number of aromatic carboxylic acids is 1. The van der Waals surface area contributed by atoms with E-state index in [1.165, 1.54) is 0 Å². The summed E-state index contributed by atoms with van der Waals surface area (Å²) in [5.41, 5.74) is 2.70. The van der Waals surface area contributed by atoms with Gasteiger partial charge in [0.05, 0.1) is 15.1 Å². The molecule has 0 aliphatic carbocycles. The summed E-state index contributed by atoms with van der Waals surface area (Å²) in [7, 11) is -3.42. The van der Waals surface area contributed by atoms with E-state index in [1.807, 2.05) is 55.5 Å². The van der Waals surface area contributed by atoms with Crippen molar-refractivity contribution in [1.82, 2.24) is 4.31 Å². The Balaban J connectivity index is 1.42. The van der Waals surface area contributed by atoms with Gasteiger partial charge < -0.3 is 19.9 Å². The van der Waals surface area contributed by atoms with E-state index in [9.17, 15) is 23.1 Å². The van der Waals surface area contributed by atoms with E-state index in [0.717, 1.165) is 33.7 Å². The second-order valence-corrected chi connectivity index (χ2v) is 14.9. The van der Waals surface area contributed by atoms with Crippen LogP contribution in [0.3, 0.4) is 0 Å². The summed E-state index contributed by atoms with van der Waals surface area (Å²) >= 11 is 4.53.